The van der Waals surface area contributed by atoms with Crippen LogP contribution in [0.15, 0.2) is 77.7 Å². The van der Waals surface area contributed by atoms with E-state index in [1.54, 1.807) is 6.07 Å². The summed E-state index contributed by atoms with van der Waals surface area (Å²) in [5, 5.41) is 11.2. The van der Waals surface area contributed by atoms with E-state index < -0.39 is 50.2 Å². The minimum absolute atomic E-state index is 0.0860. The van der Waals surface area contributed by atoms with E-state index in [0.717, 1.165) is 36.4 Å². The Morgan fingerprint density at radius 2 is 1.62 bits per heavy atom. The summed E-state index contributed by atoms with van der Waals surface area (Å²) in [5.74, 6) is -2.72. The van der Waals surface area contributed by atoms with Gasteiger partial charge in [0.05, 0.1) is 27.8 Å². The molecule has 0 spiro atoms. The fourth-order valence-electron chi connectivity index (χ4n) is 3.24. The van der Waals surface area contributed by atoms with Crippen molar-refractivity contribution in [2.75, 3.05) is 11.1 Å². The summed E-state index contributed by atoms with van der Waals surface area (Å²) in [6.45, 7) is 0. The lowest BCUT2D eigenvalue weighted by Crippen LogP contribution is -2.53. The van der Waals surface area contributed by atoms with Crippen LogP contribution in [-0.4, -0.2) is 20.1 Å². The van der Waals surface area contributed by atoms with E-state index in [4.69, 9.17) is 11.0 Å². The zero-order valence-corrected chi connectivity index (χ0v) is 18.1. The molecule has 0 aliphatic rings. The van der Waals surface area contributed by atoms with Crippen LogP contribution in [0.1, 0.15) is 16.7 Å². The molecule has 3 aromatic rings. The number of carbonyl (C=O) groups is 1. The van der Waals surface area contributed by atoms with Crippen LogP contribution in [-0.2, 0) is 26.3 Å². The van der Waals surface area contributed by atoms with E-state index in [-0.39, 0.29) is 16.1 Å². The molecule has 3 rings (SSSR count). The second-order valence-corrected chi connectivity index (χ2v) is 9.36. The number of anilines is 1. The molecule has 0 aromatic heterocycles. The number of hydrogen-bond acceptors (Lipinski definition) is 5. The number of alkyl halides is 3. The molecule has 0 bridgehead atoms. The van der Waals surface area contributed by atoms with Gasteiger partial charge in [-0.1, -0.05) is 30.3 Å². The van der Waals surface area contributed by atoms with Crippen LogP contribution in [0.5, 0.6) is 0 Å². The van der Waals surface area contributed by atoms with Gasteiger partial charge in [0.15, 0.2) is 9.84 Å². The highest BCUT2D eigenvalue weighted by atomic mass is 32.2. The number of nitrogens with zero attached hydrogens (tertiary/aromatic N) is 1. The molecule has 1 amide bonds. The van der Waals surface area contributed by atoms with Gasteiger partial charge < -0.3 is 11.1 Å². The number of benzene rings is 3. The summed E-state index contributed by atoms with van der Waals surface area (Å²) >= 11 is 0. The Bertz CT molecular complexity index is 1350. The molecule has 1 atom stereocenters. The van der Waals surface area contributed by atoms with E-state index >= 15 is 0 Å². The maximum absolute atomic E-state index is 13.3. The standard InChI is InChI=1S/C23H17F4N3O3S/c24-17-7-10-19(11-8-17)34(32,33)14-22(29,16-4-2-1-3-5-16)21(31)30-18-9-6-15(13-28)20(12-18)23(25,26)27/h1-12H,14,29H2,(H,30,31)/t22-/m0/s1. The monoisotopic (exact) mass is 491 g/mol. The molecule has 6 nitrogen and oxygen atoms in total. The zero-order valence-electron chi connectivity index (χ0n) is 17.3. The Balaban J connectivity index is 2.03. The molecule has 0 aliphatic heterocycles. The number of nitriles is 1. The summed E-state index contributed by atoms with van der Waals surface area (Å²) in [6, 6.07) is 15.3. The Labute approximate surface area is 192 Å². The molecule has 0 unspecified atom stereocenters. The molecule has 0 radical (unpaired) electrons. The van der Waals surface area contributed by atoms with Crippen molar-refractivity contribution in [1.29, 1.82) is 5.26 Å². The van der Waals surface area contributed by atoms with Gasteiger partial charge in [0.25, 0.3) is 0 Å². The number of nitrogens with one attached hydrogen (secondary N) is 1. The summed E-state index contributed by atoms with van der Waals surface area (Å²) in [4.78, 5) is 12.9. The van der Waals surface area contributed by atoms with Crippen LogP contribution >= 0.6 is 0 Å². The maximum Gasteiger partial charge on any atom is 0.417 e. The van der Waals surface area contributed by atoms with Crippen molar-refractivity contribution in [2.24, 2.45) is 5.73 Å². The van der Waals surface area contributed by atoms with Crippen molar-refractivity contribution in [3.8, 4) is 6.07 Å². The number of halogens is 4. The summed E-state index contributed by atoms with van der Waals surface area (Å²) < 4.78 is 79.1. The maximum atomic E-state index is 13.3. The van der Waals surface area contributed by atoms with E-state index in [1.807, 2.05) is 0 Å². The molecule has 34 heavy (non-hydrogen) atoms. The van der Waals surface area contributed by atoms with Gasteiger partial charge in [-0.25, -0.2) is 12.8 Å². The van der Waals surface area contributed by atoms with Gasteiger partial charge in [0, 0.05) is 5.69 Å². The first-order valence-electron chi connectivity index (χ1n) is 9.62. The number of nitrogens with two attached hydrogens (primary N) is 1. The number of sulfone groups is 1. The number of rotatable bonds is 6. The second kappa shape index (κ2) is 9.24. The van der Waals surface area contributed by atoms with Gasteiger partial charge in [-0.15, -0.1) is 0 Å². The minimum atomic E-state index is -4.86. The molecule has 0 heterocycles. The number of carbonyl (C=O) groups excluding carboxylic acids is 1. The summed E-state index contributed by atoms with van der Waals surface area (Å²) in [5.41, 5.74) is 1.92. The third kappa shape index (κ3) is 5.24. The SMILES string of the molecule is N#Cc1ccc(NC(=O)[C@](N)(CS(=O)(=O)c2ccc(F)cc2)c2ccccc2)cc1C(F)(F)F. The summed E-state index contributed by atoms with van der Waals surface area (Å²) in [7, 11) is -4.24. The molecule has 0 aliphatic carbocycles. The number of amides is 1. The molecule has 11 heteroatoms. The molecule has 3 aromatic carbocycles. The lowest BCUT2D eigenvalue weighted by Gasteiger charge is -2.29. The predicted octanol–water partition coefficient (Wildman–Crippen LogP) is 3.98. The normalized spacial score (nSPS) is 13.5. The molecular weight excluding hydrogens is 474 g/mol. The third-order valence-electron chi connectivity index (χ3n) is 4.99. The molecule has 0 fully saturated rings. The number of hydrogen-bond donors (Lipinski definition) is 2. The van der Waals surface area contributed by atoms with Crippen molar-refractivity contribution < 1.29 is 30.8 Å². The fourth-order valence-corrected chi connectivity index (χ4v) is 4.85. The zero-order chi connectivity index (χ0) is 25.1. The first-order chi connectivity index (χ1) is 15.9. The average molecular weight is 491 g/mol. The quantitative estimate of drug-likeness (QED) is 0.400. The molecule has 3 N–H and O–H groups in total. The smallest absolute Gasteiger partial charge is 0.324 e. The largest absolute Gasteiger partial charge is 0.417 e. The van der Waals surface area contributed by atoms with Crippen LogP contribution in [0.4, 0.5) is 23.2 Å². The van der Waals surface area contributed by atoms with Gasteiger partial charge in [-0.3, -0.25) is 4.79 Å². The van der Waals surface area contributed by atoms with E-state index in [2.05, 4.69) is 5.32 Å². The van der Waals surface area contributed by atoms with Crippen molar-refractivity contribution in [3.63, 3.8) is 0 Å². The lowest BCUT2D eigenvalue weighted by molar-refractivity contribution is -0.137. The summed E-state index contributed by atoms with van der Waals surface area (Å²) in [6.07, 6.45) is -4.86. The molecular formula is C23H17F4N3O3S. The van der Waals surface area contributed by atoms with Gasteiger partial charge in [-0.05, 0) is 48.0 Å². The Morgan fingerprint density at radius 3 is 2.18 bits per heavy atom. The van der Waals surface area contributed by atoms with E-state index in [9.17, 15) is 30.8 Å². The van der Waals surface area contributed by atoms with Gasteiger partial charge in [0.1, 0.15) is 11.4 Å². The predicted molar refractivity (Wildman–Crippen MR) is 116 cm³/mol. The minimum Gasteiger partial charge on any atom is -0.324 e. The van der Waals surface area contributed by atoms with Crippen LogP contribution in [0.25, 0.3) is 0 Å². The topological polar surface area (TPSA) is 113 Å². The first-order valence-corrected chi connectivity index (χ1v) is 11.3. The van der Waals surface area contributed by atoms with E-state index in [1.165, 1.54) is 30.3 Å². The molecule has 0 saturated heterocycles. The molecule has 0 saturated carbocycles. The van der Waals surface area contributed by atoms with Gasteiger partial charge in [0.2, 0.25) is 5.91 Å². The highest BCUT2D eigenvalue weighted by molar-refractivity contribution is 7.91. The lowest BCUT2D eigenvalue weighted by atomic mass is 9.92. The van der Waals surface area contributed by atoms with Crippen molar-refractivity contribution in [3.05, 3.63) is 95.3 Å². The van der Waals surface area contributed by atoms with E-state index in [0.29, 0.717) is 6.07 Å². The van der Waals surface area contributed by atoms with Crippen LogP contribution < -0.4 is 11.1 Å². The van der Waals surface area contributed by atoms with Crippen molar-refractivity contribution >= 4 is 21.4 Å². The van der Waals surface area contributed by atoms with Crippen molar-refractivity contribution in [2.45, 2.75) is 16.6 Å². The third-order valence-corrected chi connectivity index (χ3v) is 6.81. The Hall–Kier alpha value is -3.75. The fraction of sp³-hybridized carbons (Fsp3) is 0.130. The molecule has 176 valence electrons. The van der Waals surface area contributed by atoms with Crippen LogP contribution in [0.2, 0.25) is 0 Å². The Kier molecular flexibility index (Phi) is 6.77. The first kappa shape index (κ1) is 24.9. The van der Waals surface area contributed by atoms with Crippen LogP contribution in [0.3, 0.4) is 0 Å². The van der Waals surface area contributed by atoms with Crippen LogP contribution in [0, 0.1) is 17.1 Å². The van der Waals surface area contributed by atoms with Crippen molar-refractivity contribution in [1.82, 2.24) is 0 Å². The van der Waals surface area contributed by atoms with Gasteiger partial charge in [-0.2, -0.15) is 18.4 Å². The Morgan fingerprint density at radius 1 is 1.00 bits per heavy atom. The highest BCUT2D eigenvalue weighted by Gasteiger charge is 2.42. The highest BCUT2D eigenvalue weighted by Crippen LogP contribution is 2.34. The average Bonchev–Trinajstić information content (AvgIpc) is 2.79. The van der Waals surface area contributed by atoms with Gasteiger partial charge >= 0.3 is 6.18 Å². The second-order valence-electron chi connectivity index (χ2n) is 7.37.